The number of ether oxygens (including phenoxy) is 4. The lowest BCUT2D eigenvalue weighted by Crippen LogP contribution is -2.33. The maximum atomic E-state index is 13.3. The molecule has 0 radical (unpaired) electrons. The lowest BCUT2D eigenvalue weighted by Gasteiger charge is -2.35. The number of aromatic nitrogens is 1. The van der Waals surface area contributed by atoms with Crippen molar-refractivity contribution in [2.24, 2.45) is 0 Å². The zero-order valence-electron chi connectivity index (χ0n) is 24.1. The van der Waals surface area contributed by atoms with Crippen LogP contribution in [0.25, 0.3) is 11.3 Å². The average molecular weight is 566 g/mol. The number of nitrogens with one attached hydrogen (secondary N) is 1. The van der Waals surface area contributed by atoms with Crippen LogP contribution < -0.4 is 14.8 Å². The predicted octanol–water partition coefficient (Wildman–Crippen LogP) is 6.09. The van der Waals surface area contributed by atoms with Gasteiger partial charge in [0.05, 0.1) is 19.9 Å². The Balaban J connectivity index is 1.78. The Kier molecular flexibility index (Phi) is 7.50. The first kappa shape index (κ1) is 28.5. The SMILES string of the molecule is COc1ccc(C2(c3ccc(OC)cc3)OCC(=O)Nc3ccc(-c4ccc(C#N)n4C(=O)OC(C)(C)C)cc32)cc1. The van der Waals surface area contributed by atoms with Crippen LogP contribution in [0, 0.1) is 11.3 Å². The number of benzene rings is 3. The molecule has 42 heavy (non-hydrogen) atoms. The summed E-state index contributed by atoms with van der Waals surface area (Å²) in [5, 5.41) is 12.7. The van der Waals surface area contributed by atoms with Crippen LogP contribution in [0.5, 0.6) is 11.5 Å². The molecule has 0 aliphatic carbocycles. The Labute approximate surface area is 244 Å². The minimum Gasteiger partial charge on any atom is -0.497 e. The molecule has 5 rings (SSSR count). The Morgan fingerprint density at radius 3 is 2.05 bits per heavy atom. The topological polar surface area (TPSA) is 112 Å². The number of carbonyl (C=O) groups is 2. The second-order valence-electron chi connectivity index (χ2n) is 10.8. The smallest absolute Gasteiger partial charge is 0.420 e. The maximum absolute atomic E-state index is 13.3. The molecule has 0 atom stereocenters. The third kappa shape index (κ3) is 5.20. The number of anilines is 1. The largest absolute Gasteiger partial charge is 0.497 e. The van der Waals surface area contributed by atoms with E-state index in [0.29, 0.717) is 34.0 Å². The van der Waals surface area contributed by atoms with Gasteiger partial charge in [-0.25, -0.2) is 9.36 Å². The molecule has 3 aromatic carbocycles. The van der Waals surface area contributed by atoms with Gasteiger partial charge in [0.1, 0.15) is 41.1 Å². The van der Waals surface area contributed by atoms with Crippen molar-refractivity contribution in [1.29, 1.82) is 5.26 Å². The van der Waals surface area contributed by atoms with E-state index in [1.54, 1.807) is 59.3 Å². The van der Waals surface area contributed by atoms with Crippen molar-refractivity contribution in [3.63, 3.8) is 0 Å². The zero-order chi connectivity index (χ0) is 30.1. The molecule has 2 heterocycles. The van der Waals surface area contributed by atoms with Crippen molar-refractivity contribution in [2.45, 2.75) is 32.0 Å². The monoisotopic (exact) mass is 565 g/mol. The number of nitriles is 1. The predicted molar refractivity (Wildman–Crippen MR) is 157 cm³/mol. The Hall–Kier alpha value is -5.07. The number of rotatable bonds is 5. The summed E-state index contributed by atoms with van der Waals surface area (Å²) in [6.45, 7) is 5.08. The molecular formula is C33H31N3O6. The summed E-state index contributed by atoms with van der Waals surface area (Å²) in [6.07, 6.45) is -0.671. The van der Waals surface area contributed by atoms with E-state index in [1.807, 2.05) is 54.6 Å². The second kappa shape index (κ2) is 11.1. The maximum Gasteiger partial charge on any atom is 0.420 e. The van der Waals surface area contributed by atoms with Gasteiger partial charge in [-0.05, 0) is 86.0 Å². The number of hydrogen-bond acceptors (Lipinski definition) is 7. The molecule has 9 nitrogen and oxygen atoms in total. The quantitative estimate of drug-likeness (QED) is 0.312. The molecule has 1 aliphatic rings. The van der Waals surface area contributed by atoms with Crippen LogP contribution in [-0.2, 0) is 19.9 Å². The first-order valence-electron chi connectivity index (χ1n) is 13.3. The first-order chi connectivity index (χ1) is 20.1. The lowest BCUT2D eigenvalue weighted by molar-refractivity contribution is -0.123. The summed E-state index contributed by atoms with van der Waals surface area (Å²) in [7, 11) is 3.19. The third-order valence-corrected chi connectivity index (χ3v) is 6.95. The van der Waals surface area contributed by atoms with Crippen LogP contribution in [0.1, 0.15) is 43.2 Å². The highest BCUT2D eigenvalue weighted by atomic mass is 16.6. The van der Waals surface area contributed by atoms with Crippen molar-refractivity contribution in [1.82, 2.24) is 4.57 Å². The van der Waals surface area contributed by atoms with E-state index in [1.165, 1.54) is 4.57 Å². The van der Waals surface area contributed by atoms with E-state index in [0.717, 1.165) is 11.1 Å². The van der Waals surface area contributed by atoms with E-state index in [9.17, 15) is 14.9 Å². The molecule has 0 saturated carbocycles. The molecule has 0 fully saturated rings. The summed E-state index contributed by atoms with van der Waals surface area (Å²) in [5.41, 5.74) is 1.88. The van der Waals surface area contributed by atoms with E-state index in [-0.39, 0.29) is 18.2 Å². The number of carbonyl (C=O) groups excluding carboxylic acids is 2. The molecule has 1 aliphatic heterocycles. The van der Waals surface area contributed by atoms with Gasteiger partial charge in [0.25, 0.3) is 0 Å². The van der Waals surface area contributed by atoms with Gasteiger partial charge in [0.2, 0.25) is 5.91 Å². The third-order valence-electron chi connectivity index (χ3n) is 6.95. The van der Waals surface area contributed by atoms with Gasteiger partial charge < -0.3 is 24.3 Å². The Bertz CT molecular complexity index is 1630. The Morgan fingerprint density at radius 2 is 1.52 bits per heavy atom. The van der Waals surface area contributed by atoms with E-state index < -0.39 is 17.3 Å². The van der Waals surface area contributed by atoms with Crippen LogP contribution >= 0.6 is 0 Å². The summed E-state index contributed by atoms with van der Waals surface area (Å²) in [4.78, 5) is 26.2. The molecule has 214 valence electrons. The minimum atomic E-state index is -1.25. The van der Waals surface area contributed by atoms with Crippen LogP contribution in [0.3, 0.4) is 0 Å². The molecule has 0 spiro atoms. The van der Waals surface area contributed by atoms with E-state index in [2.05, 4.69) is 11.4 Å². The number of nitrogens with zero attached hydrogens (tertiary/aromatic N) is 2. The number of amides is 1. The standard InChI is InChI=1S/C33H31N3O6/c1-32(2,3)42-31(38)36-24(19-34)11-17-29(36)21-6-16-28-27(18-21)33(41-20-30(37)35-28,22-7-12-25(39-4)13-8-22)23-9-14-26(40-5)15-10-23/h6-18H,20H2,1-5H3,(H,35,37). The average Bonchev–Trinajstić information content (AvgIpc) is 3.36. The van der Waals surface area contributed by atoms with Crippen molar-refractivity contribution in [2.75, 3.05) is 26.1 Å². The molecule has 1 N–H and O–H groups in total. The van der Waals surface area contributed by atoms with Gasteiger partial charge in [-0.1, -0.05) is 30.3 Å². The summed E-state index contributed by atoms with van der Waals surface area (Å²) < 4.78 is 24.2. The highest BCUT2D eigenvalue weighted by Gasteiger charge is 2.42. The van der Waals surface area contributed by atoms with Crippen LogP contribution in [0.4, 0.5) is 10.5 Å². The fourth-order valence-electron chi connectivity index (χ4n) is 5.09. The number of hydrogen-bond donors (Lipinski definition) is 1. The zero-order valence-corrected chi connectivity index (χ0v) is 24.1. The van der Waals surface area contributed by atoms with Crippen molar-refractivity contribution in [3.05, 3.63) is 101 Å². The molecule has 0 bridgehead atoms. The van der Waals surface area contributed by atoms with Gasteiger partial charge in [0.15, 0.2) is 0 Å². The second-order valence-corrected chi connectivity index (χ2v) is 10.8. The number of fused-ring (bicyclic) bond motifs is 1. The molecule has 0 saturated heterocycles. The van der Waals surface area contributed by atoms with Crippen molar-refractivity contribution >= 4 is 17.7 Å². The Morgan fingerprint density at radius 1 is 0.929 bits per heavy atom. The summed E-state index contributed by atoms with van der Waals surface area (Å²) in [5.74, 6) is 1.02. The van der Waals surface area contributed by atoms with Gasteiger partial charge in [-0.2, -0.15) is 5.26 Å². The molecule has 4 aromatic rings. The molecule has 1 amide bonds. The fraction of sp³-hybridized carbons (Fsp3) is 0.242. The molecule has 9 heteroatoms. The normalized spacial score (nSPS) is 14.1. The lowest BCUT2D eigenvalue weighted by atomic mass is 9.78. The highest BCUT2D eigenvalue weighted by molar-refractivity contribution is 5.94. The number of methoxy groups -OCH3 is 2. The van der Waals surface area contributed by atoms with Gasteiger partial charge in [-0.15, -0.1) is 0 Å². The summed E-state index contributed by atoms with van der Waals surface area (Å²) >= 11 is 0. The highest BCUT2D eigenvalue weighted by Crippen LogP contribution is 2.47. The van der Waals surface area contributed by atoms with E-state index in [4.69, 9.17) is 18.9 Å². The van der Waals surface area contributed by atoms with Gasteiger partial charge in [-0.3, -0.25) is 4.79 Å². The van der Waals surface area contributed by atoms with Gasteiger partial charge in [0, 0.05) is 11.3 Å². The van der Waals surface area contributed by atoms with Crippen LogP contribution in [0.15, 0.2) is 78.9 Å². The minimum absolute atomic E-state index is 0.135. The summed E-state index contributed by atoms with van der Waals surface area (Å²) in [6, 6.07) is 25.7. The fourth-order valence-corrected chi connectivity index (χ4v) is 5.09. The van der Waals surface area contributed by atoms with Crippen molar-refractivity contribution in [3.8, 4) is 28.8 Å². The van der Waals surface area contributed by atoms with Crippen LogP contribution in [-0.4, -0.2) is 43.0 Å². The van der Waals surface area contributed by atoms with E-state index >= 15 is 0 Å². The molecular weight excluding hydrogens is 534 g/mol. The molecule has 1 aromatic heterocycles. The van der Waals surface area contributed by atoms with Gasteiger partial charge >= 0.3 is 6.09 Å². The van der Waals surface area contributed by atoms with Crippen molar-refractivity contribution < 1.29 is 28.5 Å². The molecule has 0 unspecified atom stereocenters. The first-order valence-corrected chi connectivity index (χ1v) is 13.3. The van der Waals surface area contributed by atoms with Crippen LogP contribution in [0.2, 0.25) is 0 Å².